The molecule has 0 aliphatic carbocycles. The maximum atomic E-state index is 5.62. The predicted octanol–water partition coefficient (Wildman–Crippen LogP) is 4.47. The summed E-state index contributed by atoms with van der Waals surface area (Å²) in [6, 6.07) is 19.7. The standard InChI is InChI=1S/C21H16N6OS/c1-2-11-28-16-10-6-9-15(12-16)20-26-27-19(24-25-21(27)29-20)18-13-17(22-23-18)14-7-4-3-5-8-14/h2-10,12-13H,1,11H2,(H,22,23). The molecule has 0 fully saturated rings. The van der Waals surface area contributed by atoms with E-state index in [4.69, 9.17) is 9.84 Å². The average Bonchev–Trinajstić information content (AvgIpc) is 3.49. The van der Waals surface area contributed by atoms with Crippen LogP contribution in [0, 0.1) is 0 Å². The number of aromatic amines is 1. The highest BCUT2D eigenvalue weighted by Crippen LogP contribution is 2.30. The number of fused-ring (bicyclic) bond motifs is 1. The zero-order valence-corrected chi connectivity index (χ0v) is 16.1. The van der Waals surface area contributed by atoms with E-state index in [9.17, 15) is 0 Å². The Bertz CT molecular complexity index is 1290. The highest BCUT2D eigenvalue weighted by molar-refractivity contribution is 7.19. The number of rotatable bonds is 6. The summed E-state index contributed by atoms with van der Waals surface area (Å²) in [5.74, 6) is 1.39. The Morgan fingerprint density at radius 1 is 1.03 bits per heavy atom. The van der Waals surface area contributed by atoms with Crippen molar-refractivity contribution in [3.63, 3.8) is 0 Å². The zero-order chi connectivity index (χ0) is 19.6. The lowest BCUT2D eigenvalue weighted by atomic mass is 10.1. The second-order valence-corrected chi connectivity index (χ2v) is 7.24. The van der Waals surface area contributed by atoms with Gasteiger partial charge in [0.15, 0.2) is 0 Å². The molecule has 5 rings (SSSR count). The minimum atomic E-state index is 0.461. The van der Waals surface area contributed by atoms with Gasteiger partial charge in [-0.2, -0.15) is 14.7 Å². The third-order valence-corrected chi connectivity index (χ3v) is 5.28. The molecule has 7 nitrogen and oxygen atoms in total. The average molecular weight is 400 g/mol. The molecule has 8 heteroatoms. The Morgan fingerprint density at radius 2 is 1.90 bits per heavy atom. The van der Waals surface area contributed by atoms with Crippen LogP contribution in [0.4, 0.5) is 0 Å². The van der Waals surface area contributed by atoms with E-state index in [1.54, 1.807) is 10.6 Å². The molecule has 29 heavy (non-hydrogen) atoms. The fourth-order valence-electron chi connectivity index (χ4n) is 2.97. The first-order valence-corrected chi connectivity index (χ1v) is 9.81. The second-order valence-electron chi connectivity index (χ2n) is 6.29. The largest absolute Gasteiger partial charge is 0.490 e. The van der Waals surface area contributed by atoms with Crippen LogP contribution in [-0.4, -0.2) is 36.6 Å². The van der Waals surface area contributed by atoms with Gasteiger partial charge in [-0.1, -0.05) is 66.5 Å². The lowest BCUT2D eigenvalue weighted by molar-refractivity contribution is 0.363. The van der Waals surface area contributed by atoms with Crippen LogP contribution in [0.5, 0.6) is 5.75 Å². The van der Waals surface area contributed by atoms with E-state index in [-0.39, 0.29) is 0 Å². The fourth-order valence-corrected chi connectivity index (χ4v) is 3.80. The van der Waals surface area contributed by atoms with Gasteiger partial charge in [0.05, 0.1) is 5.69 Å². The van der Waals surface area contributed by atoms with Gasteiger partial charge in [-0.05, 0) is 18.2 Å². The molecule has 5 aromatic rings. The van der Waals surface area contributed by atoms with Gasteiger partial charge in [0, 0.05) is 11.1 Å². The topological polar surface area (TPSA) is 81.0 Å². The molecule has 0 aliphatic rings. The van der Waals surface area contributed by atoms with Crippen LogP contribution < -0.4 is 4.74 Å². The minimum absolute atomic E-state index is 0.461. The van der Waals surface area contributed by atoms with Gasteiger partial charge < -0.3 is 4.74 Å². The SMILES string of the molecule is C=CCOc1cccc(-c2nn3c(-c4cc(-c5ccccc5)n[nH]4)nnc3s2)c1. The molecule has 3 heterocycles. The first kappa shape index (κ1) is 17.3. The van der Waals surface area contributed by atoms with Crippen molar-refractivity contribution in [2.24, 2.45) is 0 Å². The zero-order valence-electron chi connectivity index (χ0n) is 15.3. The number of nitrogens with one attached hydrogen (secondary N) is 1. The Hall–Kier alpha value is -3.78. The van der Waals surface area contributed by atoms with Crippen molar-refractivity contribution >= 4 is 16.3 Å². The van der Waals surface area contributed by atoms with Crippen molar-refractivity contribution in [1.29, 1.82) is 0 Å². The molecule has 0 spiro atoms. The summed E-state index contributed by atoms with van der Waals surface area (Å²) in [7, 11) is 0. The lowest BCUT2D eigenvalue weighted by Crippen LogP contribution is -1.93. The van der Waals surface area contributed by atoms with Gasteiger partial charge >= 0.3 is 0 Å². The Balaban J connectivity index is 1.50. The van der Waals surface area contributed by atoms with E-state index in [0.717, 1.165) is 33.3 Å². The summed E-state index contributed by atoms with van der Waals surface area (Å²) in [5.41, 5.74) is 3.60. The van der Waals surface area contributed by atoms with Crippen molar-refractivity contribution < 1.29 is 4.74 Å². The van der Waals surface area contributed by atoms with Crippen molar-refractivity contribution in [2.75, 3.05) is 6.61 Å². The van der Waals surface area contributed by atoms with Gasteiger partial charge in [-0.3, -0.25) is 5.10 Å². The van der Waals surface area contributed by atoms with Gasteiger partial charge in [0.2, 0.25) is 10.8 Å². The number of H-pyrrole nitrogens is 1. The number of benzene rings is 2. The summed E-state index contributed by atoms with van der Waals surface area (Å²) in [4.78, 5) is 0.711. The summed E-state index contributed by atoms with van der Waals surface area (Å²) in [6.45, 7) is 4.14. The maximum absolute atomic E-state index is 5.62. The normalized spacial score (nSPS) is 11.0. The third kappa shape index (κ3) is 3.30. The Labute approximate surface area is 170 Å². The second kappa shape index (κ2) is 7.33. The summed E-state index contributed by atoms with van der Waals surface area (Å²) < 4.78 is 7.36. The van der Waals surface area contributed by atoms with Crippen LogP contribution in [0.3, 0.4) is 0 Å². The van der Waals surface area contributed by atoms with Crippen LogP contribution >= 0.6 is 11.3 Å². The molecule has 0 unspecified atom stereocenters. The molecule has 0 atom stereocenters. The molecular weight excluding hydrogens is 384 g/mol. The monoisotopic (exact) mass is 400 g/mol. The van der Waals surface area contributed by atoms with E-state index in [2.05, 4.69) is 27.0 Å². The molecule has 2 aromatic carbocycles. The molecular formula is C21H16N6OS. The predicted molar refractivity (Wildman–Crippen MR) is 113 cm³/mol. The number of hydrogen-bond acceptors (Lipinski definition) is 6. The van der Waals surface area contributed by atoms with Crippen LogP contribution in [-0.2, 0) is 0 Å². The van der Waals surface area contributed by atoms with Crippen molar-refractivity contribution in [2.45, 2.75) is 0 Å². The van der Waals surface area contributed by atoms with E-state index in [1.807, 2.05) is 60.7 Å². The van der Waals surface area contributed by atoms with Crippen LogP contribution in [0.1, 0.15) is 0 Å². The molecule has 0 amide bonds. The Morgan fingerprint density at radius 3 is 2.76 bits per heavy atom. The third-order valence-electron chi connectivity index (χ3n) is 4.33. The molecule has 3 aromatic heterocycles. The molecule has 0 bridgehead atoms. The highest BCUT2D eigenvalue weighted by Gasteiger charge is 2.17. The van der Waals surface area contributed by atoms with Gasteiger partial charge in [-0.25, -0.2) is 0 Å². The first-order chi connectivity index (χ1) is 14.3. The van der Waals surface area contributed by atoms with E-state index in [0.29, 0.717) is 17.4 Å². The summed E-state index contributed by atoms with van der Waals surface area (Å²) in [6.07, 6.45) is 1.72. The number of aromatic nitrogens is 6. The number of nitrogens with zero attached hydrogens (tertiary/aromatic N) is 5. The molecule has 0 aliphatic heterocycles. The lowest BCUT2D eigenvalue weighted by Gasteiger charge is -2.03. The Kier molecular flexibility index (Phi) is 4.38. The van der Waals surface area contributed by atoms with Crippen LogP contribution in [0.25, 0.3) is 38.3 Å². The quantitative estimate of drug-likeness (QED) is 0.425. The molecule has 0 saturated heterocycles. The van der Waals surface area contributed by atoms with Crippen LogP contribution in [0.2, 0.25) is 0 Å². The molecule has 142 valence electrons. The first-order valence-electron chi connectivity index (χ1n) is 8.99. The van der Waals surface area contributed by atoms with Gasteiger partial charge in [0.1, 0.15) is 23.1 Å². The van der Waals surface area contributed by atoms with E-state index < -0.39 is 0 Å². The smallest absolute Gasteiger partial charge is 0.235 e. The van der Waals surface area contributed by atoms with E-state index >= 15 is 0 Å². The maximum Gasteiger partial charge on any atom is 0.235 e. The summed E-state index contributed by atoms with van der Waals surface area (Å²) >= 11 is 1.47. The van der Waals surface area contributed by atoms with Gasteiger partial charge in [-0.15, -0.1) is 10.2 Å². The number of ether oxygens (including phenoxy) is 1. The highest BCUT2D eigenvalue weighted by atomic mass is 32.1. The molecule has 0 saturated carbocycles. The van der Waals surface area contributed by atoms with E-state index in [1.165, 1.54) is 11.3 Å². The van der Waals surface area contributed by atoms with Gasteiger partial charge in [0.25, 0.3) is 0 Å². The summed E-state index contributed by atoms with van der Waals surface area (Å²) in [5, 5.41) is 21.5. The minimum Gasteiger partial charge on any atom is -0.490 e. The molecule has 0 radical (unpaired) electrons. The fraction of sp³-hybridized carbons (Fsp3) is 0.0476. The molecule has 1 N–H and O–H groups in total. The number of hydrogen-bond donors (Lipinski definition) is 1. The van der Waals surface area contributed by atoms with Crippen molar-refractivity contribution in [3.05, 3.63) is 73.3 Å². The van der Waals surface area contributed by atoms with Crippen LogP contribution in [0.15, 0.2) is 73.3 Å². The van der Waals surface area contributed by atoms with Crippen molar-refractivity contribution in [3.8, 4) is 39.1 Å². The van der Waals surface area contributed by atoms with Crippen molar-refractivity contribution in [1.82, 2.24) is 30.0 Å².